The summed E-state index contributed by atoms with van der Waals surface area (Å²) in [7, 11) is 1.55. The number of rotatable bonds is 10. The average Bonchev–Trinajstić information content (AvgIpc) is 3.24. The van der Waals surface area contributed by atoms with Crippen LogP contribution in [0.4, 0.5) is 5.13 Å². The van der Waals surface area contributed by atoms with Crippen molar-refractivity contribution in [3.63, 3.8) is 0 Å². The minimum absolute atomic E-state index is 0.0160. The van der Waals surface area contributed by atoms with Crippen molar-refractivity contribution in [2.24, 2.45) is 5.10 Å². The Bertz CT molecular complexity index is 1150. The van der Waals surface area contributed by atoms with E-state index in [0.717, 1.165) is 22.5 Å². The third-order valence-electron chi connectivity index (χ3n) is 4.31. The van der Waals surface area contributed by atoms with Gasteiger partial charge in [-0.15, -0.1) is 10.2 Å². The van der Waals surface area contributed by atoms with Crippen LogP contribution in [0.15, 0.2) is 47.6 Å². The van der Waals surface area contributed by atoms with Gasteiger partial charge >= 0.3 is 0 Å². The number of benzene rings is 2. The van der Waals surface area contributed by atoms with Crippen LogP contribution >= 0.6 is 27.3 Å². The number of aromatic nitrogens is 2. The predicted octanol–water partition coefficient (Wildman–Crippen LogP) is 3.57. The number of aryl methyl sites for hydroxylation is 1. The van der Waals surface area contributed by atoms with Crippen LogP contribution in [0.3, 0.4) is 0 Å². The second kappa shape index (κ2) is 12.1. The zero-order valence-corrected chi connectivity index (χ0v) is 20.4. The van der Waals surface area contributed by atoms with E-state index in [-0.39, 0.29) is 18.2 Å². The number of methoxy groups -OCH3 is 1. The highest BCUT2D eigenvalue weighted by Gasteiger charge is 2.13. The largest absolute Gasteiger partial charge is 0.493 e. The smallest absolute Gasteiger partial charge is 0.257 e. The molecule has 2 amide bonds. The number of hydrazone groups is 1. The van der Waals surface area contributed by atoms with Crippen molar-refractivity contribution in [2.75, 3.05) is 24.4 Å². The molecule has 11 heteroatoms. The Morgan fingerprint density at radius 1 is 1.18 bits per heavy atom. The number of hydrogen-bond acceptors (Lipinski definition) is 8. The maximum Gasteiger partial charge on any atom is 0.257 e. The number of carbonyl (C=O) groups excluding carboxylic acids is 2. The van der Waals surface area contributed by atoms with Gasteiger partial charge < -0.3 is 9.47 Å². The van der Waals surface area contributed by atoms with Crippen molar-refractivity contribution in [3.8, 4) is 11.5 Å². The van der Waals surface area contributed by atoms with Crippen LogP contribution in [0.1, 0.15) is 26.5 Å². The lowest BCUT2D eigenvalue weighted by Crippen LogP contribution is -2.19. The number of anilines is 1. The van der Waals surface area contributed by atoms with E-state index in [4.69, 9.17) is 9.47 Å². The topological polar surface area (TPSA) is 115 Å². The standard InChI is InChI=1S/C22H22BrN5O4S/c1-14-5-3-4-6-16(14)21(30)25-22-28-27-20(33-22)12-19(29)26-24-13-15-7-8-17(32-10-9-23)18(11-15)31-2/h3-8,11,13H,9-10,12H2,1-2H3,(H,26,29)(H,25,28,30)/b24-13-. The van der Waals surface area contributed by atoms with E-state index in [0.29, 0.717) is 39.1 Å². The van der Waals surface area contributed by atoms with Crippen LogP contribution in [0, 0.1) is 6.92 Å². The fraction of sp³-hybridized carbons (Fsp3) is 0.227. The van der Waals surface area contributed by atoms with Gasteiger partial charge in [0, 0.05) is 10.9 Å². The van der Waals surface area contributed by atoms with E-state index < -0.39 is 0 Å². The molecule has 2 aromatic carbocycles. The van der Waals surface area contributed by atoms with Gasteiger partial charge in [0.15, 0.2) is 11.5 Å². The first kappa shape index (κ1) is 24.3. The normalized spacial score (nSPS) is 10.8. The van der Waals surface area contributed by atoms with E-state index >= 15 is 0 Å². The second-order valence-corrected chi connectivity index (χ2v) is 8.54. The zero-order chi connectivity index (χ0) is 23.6. The SMILES string of the molecule is COc1cc(/C=N\NC(=O)Cc2nnc(NC(=O)c3ccccc3C)s2)ccc1OCCBr. The van der Waals surface area contributed by atoms with Gasteiger partial charge in [-0.25, -0.2) is 5.43 Å². The summed E-state index contributed by atoms with van der Waals surface area (Å²) in [5.74, 6) is 0.562. The monoisotopic (exact) mass is 531 g/mol. The molecule has 33 heavy (non-hydrogen) atoms. The molecule has 0 spiro atoms. The van der Waals surface area contributed by atoms with Gasteiger partial charge in [0.2, 0.25) is 11.0 Å². The van der Waals surface area contributed by atoms with Gasteiger partial charge in [-0.05, 0) is 42.3 Å². The predicted molar refractivity (Wildman–Crippen MR) is 131 cm³/mol. The Kier molecular flexibility index (Phi) is 8.90. The summed E-state index contributed by atoms with van der Waals surface area (Å²) in [6.45, 7) is 2.37. The van der Waals surface area contributed by atoms with Gasteiger partial charge in [-0.2, -0.15) is 5.10 Å². The van der Waals surface area contributed by atoms with Crippen LogP contribution in [0.2, 0.25) is 0 Å². The molecule has 0 aliphatic heterocycles. The van der Waals surface area contributed by atoms with Crippen LogP contribution in [0.25, 0.3) is 0 Å². The molecule has 1 aromatic heterocycles. The number of carbonyl (C=O) groups is 2. The number of nitrogens with zero attached hydrogens (tertiary/aromatic N) is 3. The lowest BCUT2D eigenvalue weighted by atomic mass is 10.1. The summed E-state index contributed by atoms with van der Waals surface area (Å²) < 4.78 is 10.9. The summed E-state index contributed by atoms with van der Waals surface area (Å²) in [6, 6.07) is 12.6. The summed E-state index contributed by atoms with van der Waals surface area (Å²) in [5, 5.41) is 16.0. The minimum atomic E-state index is -0.358. The average molecular weight is 532 g/mol. The van der Waals surface area contributed by atoms with Crippen LogP contribution in [-0.4, -0.2) is 47.3 Å². The van der Waals surface area contributed by atoms with Gasteiger partial charge in [0.1, 0.15) is 5.01 Å². The number of hydrogen-bond donors (Lipinski definition) is 2. The highest BCUT2D eigenvalue weighted by molar-refractivity contribution is 9.09. The third-order valence-corrected chi connectivity index (χ3v) is 5.48. The summed E-state index contributed by atoms with van der Waals surface area (Å²) in [4.78, 5) is 24.5. The molecule has 0 fully saturated rings. The van der Waals surface area contributed by atoms with Crippen LogP contribution in [-0.2, 0) is 11.2 Å². The van der Waals surface area contributed by atoms with Crippen molar-refractivity contribution >= 4 is 50.4 Å². The molecule has 2 N–H and O–H groups in total. The molecule has 0 aliphatic carbocycles. The Balaban J connectivity index is 1.52. The van der Waals surface area contributed by atoms with Gasteiger partial charge in [0.25, 0.3) is 5.91 Å². The van der Waals surface area contributed by atoms with Crippen molar-refractivity contribution in [1.82, 2.24) is 15.6 Å². The van der Waals surface area contributed by atoms with Crippen molar-refractivity contribution in [2.45, 2.75) is 13.3 Å². The van der Waals surface area contributed by atoms with Gasteiger partial charge in [0.05, 0.1) is 26.4 Å². The van der Waals surface area contributed by atoms with Crippen molar-refractivity contribution < 1.29 is 19.1 Å². The van der Waals surface area contributed by atoms with E-state index in [9.17, 15) is 9.59 Å². The molecular weight excluding hydrogens is 510 g/mol. The third kappa shape index (κ3) is 7.09. The van der Waals surface area contributed by atoms with Crippen LogP contribution < -0.4 is 20.2 Å². The maximum atomic E-state index is 12.4. The highest BCUT2D eigenvalue weighted by Crippen LogP contribution is 2.27. The lowest BCUT2D eigenvalue weighted by molar-refractivity contribution is -0.120. The summed E-state index contributed by atoms with van der Waals surface area (Å²) >= 11 is 4.44. The molecule has 3 rings (SSSR count). The molecule has 1 heterocycles. The summed E-state index contributed by atoms with van der Waals surface area (Å²) in [5.41, 5.74) is 4.60. The number of alkyl halides is 1. The molecule has 0 bridgehead atoms. The van der Waals surface area contributed by atoms with Crippen LogP contribution in [0.5, 0.6) is 11.5 Å². The fourth-order valence-electron chi connectivity index (χ4n) is 2.76. The zero-order valence-electron chi connectivity index (χ0n) is 18.0. The Labute approximate surface area is 203 Å². The number of nitrogens with one attached hydrogen (secondary N) is 2. The quantitative estimate of drug-likeness (QED) is 0.235. The van der Waals surface area contributed by atoms with Gasteiger partial charge in [-0.1, -0.05) is 45.5 Å². The number of halogens is 1. The summed E-state index contributed by atoms with van der Waals surface area (Å²) in [6.07, 6.45) is 1.49. The first-order chi connectivity index (χ1) is 16.0. The van der Waals surface area contributed by atoms with E-state index in [2.05, 4.69) is 42.0 Å². The first-order valence-electron chi connectivity index (χ1n) is 9.88. The molecule has 0 saturated heterocycles. The van der Waals surface area contributed by atoms with Crippen molar-refractivity contribution in [3.05, 3.63) is 64.2 Å². The molecule has 0 unspecified atom stereocenters. The molecule has 0 saturated carbocycles. The van der Waals surface area contributed by atoms with E-state index in [1.54, 1.807) is 37.4 Å². The Morgan fingerprint density at radius 2 is 2.00 bits per heavy atom. The fourth-order valence-corrected chi connectivity index (χ4v) is 3.65. The molecule has 9 nitrogen and oxygen atoms in total. The Morgan fingerprint density at radius 3 is 2.76 bits per heavy atom. The highest BCUT2D eigenvalue weighted by atomic mass is 79.9. The van der Waals surface area contributed by atoms with Crippen molar-refractivity contribution in [1.29, 1.82) is 0 Å². The molecule has 172 valence electrons. The molecule has 0 aliphatic rings. The minimum Gasteiger partial charge on any atom is -0.493 e. The number of ether oxygens (including phenoxy) is 2. The Hall–Kier alpha value is -3.31. The second-order valence-electron chi connectivity index (χ2n) is 6.69. The van der Waals surface area contributed by atoms with Gasteiger partial charge in [-0.3, -0.25) is 14.9 Å². The van der Waals surface area contributed by atoms with E-state index in [1.807, 2.05) is 19.1 Å². The maximum absolute atomic E-state index is 12.4. The number of amides is 2. The lowest BCUT2D eigenvalue weighted by Gasteiger charge is -2.10. The molecule has 0 atom stereocenters. The molecular formula is C22H22BrN5O4S. The first-order valence-corrected chi connectivity index (χ1v) is 11.8. The molecule has 0 radical (unpaired) electrons. The van der Waals surface area contributed by atoms with E-state index in [1.165, 1.54) is 6.21 Å². The molecule has 3 aromatic rings.